The van der Waals surface area contributed by atoms with Crippen LogP contribution >= 0.6 is 11.6 Å². The lowest BCUT2D eigenvalue weighted by atomic mass is 9.99. The highest BCUT2D eigenvalue weighted by Crippen LogP contribution is 2.38. The van der Waals surface area contributed by atoms with Gasteiger partial charge in [-0.2, -0.15) is 5.26 Å². The van der Waals surface area contributed by atoms with E-state index < -0.39 is 23.8 Å². The number of fused-ring (bicyclic) bond motifs is 2. The van der Waals surface area contributed by atoms with Crippen molar-refractivity contribution in [1.82, 2.24) is 10.2 Å². The number of carbonyl (C=O) groups excluding carboxylic acids is 5. The van der Waals surface area contributed by atoms with Crippen LogP contribution < -0.4 is 30.3 Å². The van der Waals surface area contributed by atoms with E-state index in [-0.39, 0.29) is 90.8 Å². The number of hydrogen-bond acceptors (Lipinski definition) is 14. The van der Waals surface area contributed by atoms with Crippen LogP contribution in [-0.2, 0) is 28.6 Å². The van der Waals surface area contributed by atoms with E-state index in [1.807, 2.05) is 6.92 Å². The molecule has 4 aromatic carbocycles. The van der Waals surface area contributed by atoms with E-state index in [0.717, 1.165) is 4.90 Å². The highest BCUT2D eigenvalue weighted by Gasteiger charge is 2.44. The Morgan fingerprint density at radius 1 is 0.818 bits per heavy atom. The summed E-state index contributed by atoms with van der Waals surface area (Å²) in [7, 11) is 1.39. The molecule has 0 saturated carbocycles. The van der Waals surface area contributed by atoms with Crippen molar-refractivity contribution in [2.45, 2.75) is 32.7 Å². The molecular weight excluding hydrogens is 876 g/mol. The first-order valence-corrected chi connectivity index (χ1v) is 21.4. The van der Waals surface area contributed by atoms with E-state index in [0.29, 0.717) is 77.2 Å². The van der Waals surface area contributed by atoms with Crippen LogP contribution in [0.2, 0.25) is 5.02 Å². The van der Waals surface area contributed by atoms with E-state index in [1.165, 1.54) is 26.1 Å². The van der Waals surface area contributed by atoms with Crippen LogP contribution in [0.1, 0.15) is 53.0 Å². The Labute approximate surface area is 384 Å². The summed E-state index contributed by atoms with van der Waals surface area (Å²) in [5.41, 5.74) is 2.45. The third-order valence-corrected chi connectivity index (χ3v) is 10.4. The summed E-state index contributed by atoms with van der Waals surface area (Å²) in [4.78, 5) is 75.9. The van der Waals surface area contributed by atoms with Gasteiger partial charge in [-0.1, -0.05) is 17.7 Å². The standard InChI is InChI=1S/C48H47ClN4O13/c1-4-63-42-27-44-37(25-36(42)31-21-30(28-50)22-32(23-31)52-29(2)55)40(56)26-43(66-44)34-11-10-33(24-38(34)49)64-19-17-61-15-13-60-14-16-62-18-20-65-41-9-5-7-35-45(41)48(59)53(47(35)58)39(8-6-12-54)46(57)51-3/h5,7,9-12,21-27,39H,4,6,8,13-20H2,1-3H3,(H,51,57)(H,52,55). The predicted octanol–water partition coefficient (Wildman–Crippen LogP) is 6.21. The molecule has 0 radical (unpaired) electrons. The fraction of sp³-hybridized carbons (Fsp3) is 0.312. The van der Waals surface area contributed by atoms with Gasteiger partial charge in [-0.05, 0) is 73.5 Å². The van der Waals surface area contributed by atoms with Gasteiger partial charge in [0.25, 0.3) is 11.8 Å². The zero-order valence-corrected chi connectivity index (χ0v) is 37.2. The van der Waals surface area contributed by atoms with Gasteiger partial charge in [0.2, 0.25) is 11.8 Å². The highest BCUT2D eigenvalue weighted by molar-refractivity contribution is 6.33. The number of benzene rings is 4. The minimum absolute atomic E-state index is 0.00301. The van der Waals surface area contributed by atoms with Crippen molar-refractivity contribution in [3.8, 4) is 45.8 Å². The number of likely N-dealkylation sites (N-methyl/N-ethyl adjacent to an activating group) is 1. The van der Waals surface area contributed by atoms with Crippen LogP contribution in [0.3, 0.4) is 0 Å². The Hall–Kier alpha value is -7.10. The Morgan fingerprint density at radius 3 is 2.18 bits per heavy atom. The molecule has 344 valence electrons. The topological polar surface area (TPSA) is 222 Å². The molecule has 2 heterocycles. The number of aldehydes is 1. The molecule has 18 heteroatoms. The molecule has 0 aliphatic carbocycles. The molecule has 17 nitrogen and oxygen atoms in total. The molecule has 4 amide bonds. The number of anilines is 1. The number of nitrogens with one attached hydrogen (secondary N) is 2. The molecule has 1 unspecified atom stereocenters. The van der Waals surface area contributed by atoms with Gasteiger partial charge >= 0.3 is 0 Å². The molecule has 0 saturated heterocycles. The maximum atomic E-state index is 13.5. The lowest BCUT2D eigenvalue weighted by Crippen LogP contribution is -2.48. The Kier molecular flexibility index (Phi) is 17.0. The van der Waals surface area contributed by atoms with Gasteiger partial charge in [-0.15, -0.1) is 0 Å². The van der Waals surface area contributed by atoms with E-state index in [9.17, 15) is 34.0 Å². The molecule has 6 rings (SSSR count). The number of halogens is 1. The highest BCUT2D eigenvalue weighted by atomic mass is 35.5. The average Bonchev–Trinajstić information content (AvgIpc) is 3.56. The van der Waals surface area contributed by atoms with Gasteiger partial charge in [0.05, 0.1) is 79.4 Å². The first-order valence-electron chi connectivity index (χ1n) is 21.0. The number of hydrogen-bond donors (Lipinski definition) is 2. The summed E-state index contributed by atoms with van der Waals surface area (Å²) < 4.78 is 40.5. The number of rotatable bonds is 24. The molecule has 1 atom stereocenters. The molecule has 66 heavy (non-hydrogen) atoms. The summed E-state index contributed by atoms with van der Waals surface area (Å²) in [6, 6.07) is 20.1. The van der Waals surface area contributed by atoms with Crippen LogP contribution in [0, 0.1) is 11.3 Å². The molecule has 5 aromatic rings. The second kappa shape index (κ2) is 23.2. The Morgan fingerprint density at radius 2 is 1.53 bits per heavy atom. The van der Waals surface area contributed by atoms with Crippen molar-refractivity contribution in [3.63, 3.8) is 0 Å². The number of amides is 4. The lowest BCUT2D eigenvalue weighted by molar-refractivity contribution is -0.124. The van der Waals surface area contributed by atoms with Crippen LogP contribution in [0.4, 0.5) is 5.69 Å². The molecule has 0 bridgehead atoms. The monoisotopic (exact) mass is 922 g/mol. The quantitative estimate of drug-likeness (QED) is 0.0400. The zero-order valence-electron chi connectivity index (χ0n) is 36.4. The minimum atomic E-state index is -1.13. The first-order chi connectivity index (χ1) is 32.0. The maximum absolute atomic E-state index is 13.5. The zero-order chi connectivity index (χ0) is 47.2. The van der Waals surface area contributed by atoms with Gasteiger partial charge < -0.3 is 48.3 Å². The normalized spacial score (nSPS) is 12.4. The number of nitriles is 1. The minimum Gasteiger partial charge on any atom is -0.493 e. The number of carbonyl (C=O) groups is 5. The van der Waals surface area contributed by atoms with Crippen LogP contribution in [-0.4, -0.2) is 107 Å². The smallest absolute Gasteiger partial charge is 0.266 e. The van der Waals surface area contributed by atoms with Crippen LogP contribution in [0.5, 0.6) is 17.2 Å². The summed E-state index contributed by atoms with van der Waals surface area (Å²) in [6.07, 6.45) is 0.635. The number of ether oxygens (including phenoxy) is 6. The van der Waals surface area contributed by atoms with Crippen molar-refractivity contribution in [1.29, 1.82) is 5.26 Å². The summed E-state index contributed by atoms with van der Waals surface area (Å²) >= 11 is 6.65. The largest absolute Gasteiger partial charge is 0.493 e. The SMILES string of the molecule is CCOc1cc2oc(-c3ccc(OCCOCCOCCOCCOc4cccc5c4C(=O)N(C(CCC=O)C(=O)NC)C5=O)cc3Cl)cc(=O)c2cc1-c1cc(C#N)cc(NC(C)=O)c1. The van der Waals surface area contributed by atoms with Crippen LogP contribution in [0.15, 0.2) is 82.0 Å². The summed E-state index contributed by atoms with van der Waals surface area (Å²) in [6.45, 7) is 5.45. The molecule has 1 aliphatic rings. The van der Waals surface area contributed by atoms with E-state index >= 15 is 0 Å². The number of nitrogens with zero attached hydrogens (tertiary/aromatic N) is 2. The van der Waals surface area contributed by atoms with Crippen molar-refractivity contribution in [3.05, 3.63) is 105 Å². The summed E-state index contributed by atoms with van der Waals surface area (Å²) in [5, 5.41) is 15.3. The molecule has 1 aliphatic heterocycles. The summed E-state index contributed by atoms with van der Waals surface area (Å²) in [5.74, 6) is -0.817. The predicted molar refractivity (Wildman–Crippen MR) is 242 cm³/mol. The molecular formula is C48H47ClN4O13. The first kappa shape index (κ1) is 48.4. The fourth-order valence-corrected chi connectivity index (χ4v) is 7.40. The molecule has 0 fully saturated rings. The molecule has 1 aromatic heterocycles. The van der Waals surface area contributed by atoms with Gasteiger partial charge in [0.15, 0.2) is 5.43 Å². The van der Waals surface area contributed by atoms with Crippen molar-refractivity contribution in [2.24, 2.45) is 0 Å². The van der Waals surface area contributed by atoms with Gasteiger partial charge in [-0.25, -0.2) is 0 Å². The third kappa shape index (κ3) is 11.8. The molecule has 2 N–H and O–H groups in total. The fourth-order valence-electron chi connectivity index (χ4n) is 7.14. The Bertz CT molecular complexity index is 2710. The van der Waals surface area contributed by atoms with E-state index in [2.05, 4.69) is 16.7 Å². The van der Waals surface area contributed by atoms with Crippen molar-refractivity contribution < 1.29 is 56.8 Å². The lowest BCUT2D eigenvalue weighted by Gasteiger charge is -2.24. The average molecular weight is 923 g/mol. The van der Waals surface area contributed by atoms with E-state index in [1.54, 1.807) is 60.7 Å². The third-order valence-electron chi connectivity index (χ3n) is 10.1. The van der Waals surface area contributed by atoms with Crippen molar-refractivity contribution in [2.75, 3.05) is 71.8 Å². The number of imide groups is 1. The van der Waals surface area contributed by atoms with Gasteiger partial charge in [0, 0.05) is 49.3 Å². The Balaban J connectivity index is 0.918. The van der Waals surface area contributed by atoms with Crippen molar-refractivity contribution >= 4 is 58.2 Å². The van der Waals surface area contributed by atoms with Gasteiger partial charge in [0.1, 0.15) is 54.1 Å². The van der Waals surface area contributed by atoms with Gasteiger partial charge in [-0.3, -0.25) is 28.9 Å². The van der Waals surface area contributed by atoms with Crippen LogP contribution in [0.25, 0.3) is 33.4 Å². The van der Waals surface area contributed by atoms with E-state index in [4.69, 9.17) is 44.4 Å². The second-order valence-corrected chi connectivity index (χ2v) is 15.0. The molecule has 0 spiro atoms. The maximum Gasteiger partial charge on any atom is 0.266 e. The second-order valence-electron chi connectivity index (χ2n) is 14.6.